The van der Waals surface area contributed by atoms with E-state index in [1.54, 1.807) is 0 Å². The summed E-state index contributed by atoms with van der Waals surface area (Å²) in [7, 11) is -3.77. The van der Waals surface area contributed by atoms with Crippen molar-refractivity contribution in [3.8, 4) is 0 Å². The van der Waals surface area contributed by atoms with E-state index in [0.717, 1.165) is 29.8 Å². The number of nitrogens with zero attached hydrogens (tertiary/aromatic N) is 1. The number of fused-ring (bicyclic) bond motifs is 1. The van der Waals surface area contributed by atoms with Crippen LogP contribution in [0, 0.1) is 0 Å². The SMILES string of the molecule is O=S(=O)(Nc1nc2c(s1)CCC2)c1cc(CO)oc1Br. The molecule has 0 fully saturated rings. The number of sulfonamides is 1. The van der Waals surface area contributed by atoms with Gasteiger partial charge in [-0.25, -0.2) is 13.4 Å². The van der Waals surface area contributed by atoms with Gasteiger partial charge in [-0.2, -0.15) is 0 Å². The fourth-order valence-corrected chi connectivity index (χ4v) is 5.35. The Bertz CT molecular complexity index is 729. The van der Waals surface area contributed by atoms with Crippen LogP contribution in [0.3, 0.4) is 0 Å². The zero-order valence-electron chi connectivity index (χ0n) is 10.2. The minimum atomic E-state index is -3.77. The molecular weight excluding hydrogens is 368 g/mol. The topological polar surface area (TPSA) is 92.4 Å². The fourth-order valence-electron chi connectivity index (χ4n) is 2.06. The molecule has 1 aliphatic rings. The standard InChI is InChI=1S/C11H11BrN2O4S2/c12-10-9(4-6(5-15)18-10)20(16,17)14-11-13-7-2-1-3-8(7)19-11/h4,15H,1-3,5H2,(H,13,14). The Balaban J connectivity index is 1.89. The quantitative estimate of drug-likeness (QED) is 0.850. The van der Waals surface area contributed by atoms with Crippen LogP contribution >= 0.6 is 27.3 Å². The summed E-state index contributed by atoms with van der Waals surface area (Å²) in [5, 5.41) is 9.34. The Hall–Kier alpha value is -0.900. The number of rotatable bonds is 4. The minimum absolute atomic E-state index is 0.0445. The number of anilines is 1. The minimum Gasteiger partial charge on any atom is -0.450 e. The molecule has 0 amide bonds. The first-order chi connectivity index (χ1) is 9.49. The summed E-state index contributed by atoms with van der Waals surface area (Å²) in [4.78, 5) is 5.39. The second-order valence-corrected chi connectivity index (χ2v) is 7.81. The van der Waals surface area contributed by atoms with E-state index in [9.17, 15) is 8.42 Å². The molecule has 3 rings (SSSR count). The van der Waals surface area contributed by atoms with Gasteiger partial charge < -0.3 is 9.52 Å². The van der Waals surface area contributed by atoms with Crippen molar-refractivity contribution in [1.82, 2.24) is 4.98 Å². The van der Waals surface area contributed by atoms with Gasteiger partial charge in [0, 0.05) is 10.9 Å². The molecule has 0 radical (unpaired) electrons. The molecular formula is C11H11BrN2O4S2. The van der Waals surface area contributed by atoms with Crippen LogP contribution in [0.4, 0.5) is 5.13 Å². The van der Waals surface area contributed by atoms with Gasteiger partial charge in [-0.15, -0.1) is 11.3 Å². The molecule has 0 saturated heterocycles. The van der Waals surface area contributed by atoms with E-state index >= 15 is 0 Å². The smallest absolute Gasteiger partial charge is 0.268 e. The number of hydrogen-bond donors (Lipinski definition) is 2. The maximum Gasteiger partial charge on any atom is 0.268 e. The normalized spacial score (nSPS) is 14.5. The van der Waals surface area contributed by atoms with Crippen molar-refractivity contribution in [2.75, 3.05) is 4.72 Å². The van der Waals surface area contributed by atoms with E-state index in [1.165, 1.54) is 17.4 Å². The molecule has 2 aromatic heterocycles. The number of aromatic nitrogens is 1. The molecule has 0 bridgehead atoms. The molecule has 2 N–H and O–H groups in total. The highest BCUT2D eigenvalue weighted by molar-refractivity contribution is 9.10. The summed E-state index contributed by atoms with van der Waals surface area (Å²) in [5.74, 6) is 0.180. The van der Waals surface area contributed by atoms with Crippen molar-refractivity contribution in [1.29, 1.82) is 0 Å². The molecule has 2 heterocycles. The first-order valence-corrected chi connectivity index (χ1v) is 8.99. The fraction of sp³-hybridized carbons (Fsp3) is 0.364. The molecule has 9 heteroatoms. The summed E-state index contributed by atoms with van der Waals surface area (Å²) in [6.07, 6.45) is 2.94. The monoisotopic (exact) mass is 378 g/mol. The van der Waals surface area contributed by atoms with Crippen LogP contribution in [0.2, 0.25) is 0 Å². The number of hydrogen-bond acceptors (Lipinski definition) is 6. The molecule has 0 atom stereocenters. The Kier molecular flexibility index (Phi) is 3.61. The van der Waals surface area contributed by atoms with Gasteiger partial charge in [-0.1, -0.05) is 0 Å². The van der Waals surface area contributed by atoms with Crippen molar-refractivity contribution in [2.45, 2.75) is 30.8 Å². The van der Waals surface area contributed by atoms with Gasteiger partial charge in [0.2, 0.25) is 0 Å². The van der Waals surface area contributed by atoms with E-state index in [0.29, 0.717) is 5.13 Å². The molecule has 1 aliphatic carbocycles. The predicted octanol–water partition coefficient (Wildman–Crippen LogP) is 2.28. The number of halogens is 1. The van der Waals surface area contributed by atoms with Crippen molar-refractivity contribution in [3.63, 3.8) is 0 Å². The molecule has 0 aromatic carbocycles. The number of thiazole rings is 1. The Morgan fingerprint density at radius 2 is 2.30 bits per heavy atom. The van der Waals surface area contributed by atoms with Crippen molar-refractivity contribution in [2.24, 2.45) is 0 Å². The predicted molar refractivity (Wildman–Crippen MR) is 77.3 cm³/mol. The summed E-state index contributed by atoms with van der Waals surface area (Å²) < 4.78 is 32.1. The highest BCUT2D eigenvalue weighted by atomic mass is 79.9. The lowest BCUT2D eigenvalue weighted by atomic mass is 10.4. The van der Waals surface area contributed by atoms with Crippen LogP contribution in [0.1, 0.15) is 22.8 Å². The summed E-state index contributed by atoms with van der Waals surface area (Å²) in [6.45, 7) is -0.361. The van der Waals surface area contributed by atoms with Gasteiger partial charge in [0.25, 0.3) is 10.0 Å². The lowest BCUT2D eigenvalue weighted by Gasteiger charge is -2.02. The molecule has 20 heavy (non-hydrogen) atoms. The Morgan fingerprint density at radius 3 is 2.95 bits per heavy atom. The molecule has 0 aliphatic heterocycles. The highest BCUT2D eigenvalue weighted by Crippen LogP contribution is 2.33. The summed E-state index contributed by atoms with van der Waals surface area (Å²) in [5.41, 5.74) is 0.981. The second-order valence-electron chi connectivity index (χ2n) is 4.36. The van der Waals surface area contributed by atoms with Crippen LogP contribution in [0.25, 0.3) is 0 Å². The maximum absolute atomic E-state index is 12.3. The van der Waals surface area contributed by atoms with Crippen molar-refractivity contribution < 1.29 is 17.9 Å². The zero-order valence-corrected chi connectivity index (χ0v) is 13.4. The van der Waals surface area contributed by atoms with Crippen LogP contribution in [0.5, 0.6) is 0 Å². The third-order valence-electron chi connectivity index (χ3n) is 2.97. The van der Waals surface area contributed by atoms with Gasteiger partial charge in [-0.3, -0.25) is 4.72 Å². The largest absolute Gasteiger partial charge is 0.450 e. The Morgan fingerprint density at radius 1 is 1.50 bits per heavy atom. The van der Waals surface area contributed by atoms with Crippen LogP contribution in [-0.2, 0) is 29.5 Å². The molecule has 0 spiro atoms. The third kappa shape index (κ3) is 2.50. The average molecular weight is 379 g/mol. The van der Waals surface area contributed by atoms with Gasteiger partial charge in [0.15, 0.2) is 9.80 Å². The van der Waals surface area contributed by atoms with Gasteiger partial charge in [0.05, 0.1) is 5.69 Å². The van der Waals surface area contributed by atoms with Crippen LogP contribution in [0.15, 0.2) is 20.0 Å². The molecule has 108 valence electrons. The van der Waals surface area contributed by atoms with E-state index in [1.807, 2.05) is 0 Å². The van der Waals surface area contributed by atoms with Crippen LogP contribution in [-0.4, -0.2) is 18.5 Å². The number of aliphatic hydroxyl groups excluding tert-OH is 1. The second kappa shape index (κ2) is 5.14. The maximum atomic E-state index is 12.3. The highest BCUT2D eigenvalue weighted by Gasteiger charge is 2.25. The first kappa shape index (κ1) is 14.1. The number of aryl methyl sites for hydroxylation is 2. The number of furan rings is 1. The van der Waals surface area contributed by atoms with Gasteiger partial charge in [-0.05, 0) is 35.2 Å². The summed E-state index contributed by atoms with van der Waals surface area (Å²) >= 11 is 4.40. The van der Waals surface area contributed by atoms with Gasteiger partial charge in [0.1, 0.15) is 17.3 Å². The van der Waals surface area contributed by atoms with E-state index in [2.05, 4.69) is 25.6 Å². The molecule has 2 aromatic rings. The zero-order chi connectivity index (χ0) is 14.3. The van der Waals surface area contributed by atoms with Crippen molar-refractivity contribution >= 4 is 42.4 Å². The third-order valence-corrected chi connectivity index (χ3v) is 6.37. The Labute approximate surface area is 128 Å². The van der Waals surface area contributed by atoms with Gasteiger partial charge >= 0.3 is 0 Å². The van der Waals surface area contributed by atoms with Crippen molar-refractivity contribution in [3.05, 3.63) is 27.1 Å². The van der Waals surface area contributed by atoms with E-state index in [4.69, 9.17) is 9.52 Å². The van der Waals surface area contributed by atoms with E-state index < -0.39 is 10.0 Å². The molecule has 6 nitrogen and oxygen atoms in total. The van der Waals surface area contributed by atoms with Crippen LogP contribution < -0.4 is 4.72 Å². The lowest BCUT2D eigenvalue weighted by molar-refractivity contribution is 0.245. The van der Waals surface area contributed by atoms with E-state index in [-0.39, 0.29) is 21.9 Å². The lowest BCUT2D eigenvalue weighted by Crippen LogP contribution is -2.12. The first-order valence-electron chi connectivity index (χ1n) is 5.90. The average Bonchev–Trinajstić information content (AvgIpc) is 3.02. The number of aliphatic hydroxyl groups is 1. The molecule has 0 unspecified atom stereocenters. The summed E-state index contributed by atoms with van der Waals surface area (Å²) in [6, 6.07) is 1.29. The number of nitrogens with one attached hydrogen (secondary N) is 1. The molecule has 0 saturated carbocycles.